The Balaban J connectivity index is 2.37. The molecule has 100 valence electrons. The SMILES string of the molecule is CC(C)N1Cc2cc(C(F)(F)F)ccc2C(F)C1. The van der Waals surface area contributed by atoms with E-state index in [-0.39, 0.29) is 12.6 Å². The minimum Gasteiger partial charge on any atom is -0.293 e. The molecule has 0 radical (unpaired) electrons. The Morgan fingerprint density at radius 1 is 1.28 bits per heavy atom. The van der Waals surface area contributed by atoms with E-state index in [1.54, 1.807) is 0 Å². The fraction of sp³-hybridized carbons (Fsp3) is 0.538. The van der Waals surface area contributed by atoms with Gasteiger partial charge >= 0.3 is 6.18 Å². The zero-order valence-corrected chi connectivity index (χ0v) is 10.3. The summed E-state index contributed by atoms with van der Waals surface area (Å²) in [5.74, 6) is 0. The third-order valence-corrected chi connectivity index (χ3v) is 3.31. The van der Waals surface area contributed by atoms with Crippen molar-refractivity contribution in [3.05, 3.63) is 34.9 Å². The Hall–Kier alpha value is -1.10. The van der Waals surface area contributed by atoms with Crippen LogP contribution >= 0.6 is 0 Å². The highest BCUT2D eigenvalue weighted by molar-refractivity contribution is 5.36. The van der Waals surface area contributed by atoms with Crippen LogP contribution in [0.3, 0.4) is 0 Å². The van der Waals surface area contributed by atoms with Gasteiger partial charge in [0.05, 0.1) is 5.56 Å². The van der Waals surface area contributed by atoms with Crippen LogP contribution < -0.4 is 0 Å². The van der Waals surface area contributed by atoms with Gasteiger partial charge in [-0.1, -0.05) is 6.07 Å². The molecule has 1 aliphatic heterocycles. The Kier molecular flexibility index (Phi) is 3.36. The van der Waals surface area contributed by atoms with Crippen molar-refractivity contribution in [1.82, 2.24) is 4.90 Å². The van der Waals surface area contributed by atoms with Crippen LogP contribution in [-0.4, -0.2) is 17.5 Å². The van der Waals surface area contributed by atoms with Crippen LogP contribution in [0.2, 0.25) is 0 Å². The second kappa shape index (κ2) is 4.53. The van der Waals surface area contributed by atoms with Crippen LogP contribution in [0.15, 0.2) is 18.2 Å². The number of fused-ring (bicyclic) bond motifs is 1. The molecule has 0 fully saturated rings. The van der Waals surface area contributed by atoms with Crippen molar-refractivity contribution in [1.29, 1.82) is 0 Å². The zero-order chi connectivity index (χ0) is 13.5. The summed E-state index contributed by atoms with van der Waals surface area (Å²) in [6.45, 7) is 4.43. The molecule has 0 aromatic heterocycles. The van der Waals surface area contributed by atoms with Gasteiger partial charge in [-0.2, -0.15) is 13.2 Å². The molecule has 0 saturated heterocycles. The molecule has 1 aromatic carbocycles. The number of halogens is 4. The quantitative estimate of drug-likeness (QED) is 0.692. The molecule has 5 heteroatoms. The van der Waals surface area contributed by atoms with Gasteiger partial charge in [-0.25, -0.2) is 4.39 Å². The first-order chi connectivity index (χ1) is 8.29. The van der Waals surface area contributed by atoms with E-state index >= 15 is 0 Å². The lowest BCUT2D eigenvalue weighted by Gasteiger charge is -2.34. The summed E-state index contributed by atoms with van der Waals surface area (Å²) in [6.07, 6.45) is -5.58. The number of benzene rings is 1. The largest absolute Gasteiger partial charge is 0.416 e. The second-order valence-corrected chi connectivity index (χ2v) is 4.90. The number of alkyl halides is 4. The highest BCUT2D eigenvalue weighted by Crippen LogP contribution is 2.35. The fourth-order valence-electron chi connectivity index (χ4n) is 2.21. The van der Waals surface area contributed by atoms with Gasteiger partial charge in [-0.05, 0) is 37.1 Å². The molecule has 1 heterocycles. The van der Waals surface area contributed by atoms with Gasteiger partial charge in [-0.15, -0.1) is 0 Å². The maximum Gasteiger partial charge on any atom is 0.416 e. The molecule has 1 atom stereocenters. The van der Waals surface area contributed by atoms with Crippen molar-refractivity contribution in [2.45, 2.75) is 38.8 Å². The summed E-state index contributed by atoms with van der Waals surface area (Å²) in [7, 11) is 0. The van der Waals surface area contributed by atoms with Gasteiger partial charge in [0, 0.05) is 19.1 Å². The third kappa shape index (κ3) is 2.51. The van der Waals surface area contributed by atoms with E-state index in [1.165, 1.54) is 6.07 Å². The van der Waals surface area contributed by atoms with Crippen molar-refractivity contribution in [3.8, 4) is 0 Å². The molecule has 1 aromatic rings. The molecule has 18 heavy (non-hydrogen) atoms. The van der Waals surface area contributed by atoms with Gasteiger partial charge < -0.3 is 0 Å². The van der Waals surface area contributed by atoms with Crippen LogP contribution in [0.4, 0.5) is 17.6 Å². The molecule has 1 unspecified atom stereocenters. The van der Waals surface area contributed by atoms with Crippen LogP contribution in [0.1, 0.15) is 36.7 Å². The summed E-state index contributed by atoms with van der Waals surface area (Å²) in [5, 5.41) is 0. The summed E-state index contributed by atoms with van der Waals surface area (Å²) in [4.78, 5) is 1.84. The average Bonchev–Trinajstić information content (AvgIpc) is 2.26. The van der Waals surface area contributed by atoms with Crippen molar-refractivity contribution >= 4 is 0 Å². The Bertz CT molecular complexity index is 439. The predicted octanol–water partition coefficient (Wildman–Crippen LogP) is 3.94. The lowest BCUT2D eigenvalue weighted by atomic mass is 9.95. The molecule has 0 amide bonds. The minimum absolute atomic E-state index is 0.117. The van der Waals surface area contributed by atoms with Crippen molar-refractivity contribution in [2.24, 2.45) is 0 Å². The topological polar surface area (TPSA) is 3.24 Å². The maximum atomic E-state index is 13.9. The number of hydrogen-bond donors (Lipinski definition) is 0. The van der Waals surface area contributed by atoms with Crippen LogP contribution in [0, 0.1) is 0 Å². The van der Waals surface area contributed by atoms with Gasteiger partial charge in [0.2, 0.25) is 0 Å². The average molecular weight is 261 g/mol. The van der Waals surface area contributed by atoms with E-state index in [2.05, 4.69) is 0 Å². The molecular weight excluding hydrogens is 246 g/mol. The number of rotatable bonds is 1. The maximum absolute atomic E-state index is 13.9. The lowest BCUT2D eigenvalue weighted by Crippen LogP contribution is -2.37. The summed E-state index contributed by atoms with van der Waals surface area (Å²) in [5.41, 5.74) is 0.122. The molecule has 0 spiro atoms. The molecular formula is C13H15F4N. The Morgan fingerprint density at radius 3 is 2.50 bits per heavy atom. The van der Waals surface area contributed by atoms with E-state index < -0.39 is 17.9 Å². The predicted molar refractivity (Wildman–Crippen MR) is 60.8 cm³/mol. The smallest absolute Gasteiger partial charge is 0.293 e. The lowest BCUT2D eigenvalue weighted by molar-refractivity contribution is -0.137. The van der Waals surface area contributed by atoms with Gasteiger partial charge in [0.25, 0.3) is 0 Å². The molecule has 2 rings (SSSR count). The molecule has 0 saturated carbocycles. The number of hydrogen-bond acceptors (Lipinski definition) is 1. The highest BCUT2D eigenvalue weighted by atomic mass is 19.4. The first kappa shape index (κ1) is 13.3. The van der Waals surface area contributed by atoms with Crippen LogP contribution in [0.25, 0.3) is 0 Å². The molecule has 0 N–H and O–H groups in total. The van der Waals surface area contributed by atoms with Crippen molar-refractivity contribution < 1.29 is 17.6 Å². The first-order valence-corrected chi connectivity index (χ1v) is 5.87. The second-order valence-electron chi connectivity index (χ2n) is 4.90. The van der Waals surface area contributed by atoms with E-state index in [0.717, 1.165) is 12.1 Å². The van der Waals surface area contributed by atoms with Gasteiger partial charge in [0.1, 0.15) is 6.17 Å². The molecule has 0 aliphatic carbocycles. The highest BCUT2D eigenvalue weighted by Gasteiger charge is 2.33. The standard InChI is InChI=1S/C13H15F4N/c1-8(2)18-6-9-5-10(13(15,16)17)3-4-11(9)12(14)7-18/h3-5,8,12H,6-7H2,1-2H3. The first-order valence-electron chi connectivity index (χ1n) is 5.87. The van der Waals surface area contributed by atoms with E-state index in [1.807, 2.05) is 18.7 Å². The minimum atomic E-state index is -4.37. The molecule has 1 nitrogen and oxygen atoms in total. The Labute approximate surface area is 103 Å². The van der Waals surface area contributed by atoms with E-state index in [4.69, 9.17) is 0 Å². The fourth-order valence-corrected chi connectivity index (χ4v) is 2.21. The molecule has 0 bridgehead atoms. The van der Waals surface area contributed by atoms with Crippen molar-refractivity contribution in [2.75, 3.05) is 6.54 Å². The van der Waals surface area contributed by atoms with Crippen molar-refractivity contribution in [3.63, 3.8) is 0 Å². The number of nitrogens with zero attached hydrogens (tertiary/aromatic N) is 1. The molecule has 1 aliphatic rings. The van der Waals surface area contributed by atoms with Gasteiger partial charge in [-0.3, -0.25) is 4.90 Å². The summed E-state index contributed by atoms with van der Waals surface area (Å²) >= 11 is 0. The monoisotopic (exact) mass is 261 g/mol. The van der Waals surface area contributed by atoms with Crippen LogP contribution in [-0.2, 0) is 12.7 Å². The zero-order valence-electron chi connectivity index (χ0n) is 10.3. The Morgan fingerprint density at radius 2 is 1.94 bits per heavy atom. The van der Waals surface area contributed by atoms with Gasteiger partial charge in [0.15, 0.2) is 0 Å². The van der Waals surface area contributed by atoms with E-state index in [0.29, 0.717) is 17.7 Å². The van der Waals surface area contributed by atoms with Crippen LogP contribution in [0.5, 0.6) is 0 Å². The third-order valence-electron chi connectivity index (χ3n) is 3.31. The summed E-state index contributed by atoms with van der Waals surface area (Å²) in [6, 6.07) is 3.40. The normalized spacial score (nSPS) is 21.2. The van der Waals surface area contributed by atoms with E-state index in [9.17, 15) is 17.6 Å². The summed E-state index contributed by atoms with van der Waals surface area (Å²) < 4.78 is 51.7.